The van der Waals surface area contributed by atoms with Gasteiger partial charge in [0, 0.05) is 37.4 Å². The van der Waals surface area contributed by atoms with Crippen LogP contribution in [0.25, 0.3) is 5.69 Å². The number of rotatable bonds is 6. The summed E-state index contributed by atoms with van der Waals surface area (Å²) in [5, 5.41) is 4.21. The van der Waals surface area contributed by atoms with E-state index >= 15 is 0 Å². The number of hydrogen-bond acceptors (Lipinski definition) is 3. The first-order chi connectivity index (χ1) is 13.7. The molecule has 0 spiro atoms. The normalized spacial score (nSPS) is 19.1. The molecule has 144 valence electrons. The Morgan fingerprint density at radius 2 is 1.93 bits per heavy atom. The van der Waals surface area contributed by atoms with Crippen LogP contribution >= 0.6 is 12.2 Å². The topological polar surface area (TPSA) is 42.3 Å². The van der Waals surface area contributed by atoms with Crippen LogP contribution in [0.2, 0.25) is 0 Å². The van der Waals surface area contributed by atoms with Crippen LogP contribution in [0.15, 0.2) is 67.0 Å². The van der Waals surface area contributed by atoms with Crippen LogP contribution in [-0.4, -0.2) is 39.8 Å². The van der Waals surface area contributed by atoms with E-state index in [1.807, 2.05) is 24.4 Å². The van der Waals surface area contributed by atoms with E-state index in [1.165, 1.54) is 11.3 Å². The summed E-state index contributed by atoms with van der Waals surface area (Å²) in [5.41, 5.74) is 4.53. The third-order valence-electron chi connectivity index (χ3n) is 5.13. The Labute approximate surface area is 171 Å². The van der Waals surface area contributed by atoms with Gasteiger partial charge in [-0.05, 0) is 55.5 Å². The Morgan fingerprint density at radius 1 is 1.11 bits per heavy atom. The third-order valence-corrected chi connectivity index (χ3v) is 5.48. The number of nitrogens with zero attached hydrogens (tertiary/aromatic N) is 3. The summed E-state index contributed by atoms with van der Waals surface area (Å²) in [6, 6.07) is 18.8. The molecule has 1 saturated heterocycles. The highest BCUT2D eigenvalue weighted by molar-refractivity contribution is 7.80. The first-order valence-electron chi connectivity index (χ1n) is 9.40. The maximum atomic E-state index is 5.68. The van der Waals surface area contributed by atoms with Crippen molar-refractivity contribution >= 4 is 17.3 Å². The van der Waals surface area contributed by atoms with Gasteiger partial charge in [0.2, 0.25) is 0 Å². The Morgan fingerprint density at radius 3 is 2.64 bits per heavy atom. The van der Waals surface area contributed by atoms with Gasteiger partial charge in [0.25, 0.3) is 0 Å². The van der Waals surface area contributed by atoms with Crippen molar-refractivity contribution in [3.05, 3.63) is 83.9 Å². The lowest BCUT2D eigenvalue weighted by atomic mass is 10.0. The van der Waals surface area contributed by atoms with Gasteiger partial charge < -0.3 is 19.5 Å². The van der Waals surface area contributed by atoms with E-state index in [4.69, 9.17) is 17.0 Å². The Bertz CT molecular complexity index is 939. The van der Waals surface area contributed by atoms with Crippen molar-refractivity contribution < 1.29 is 4.74 Å². The summed E-state index contributed by atoms with van der Waals surface area (Å²) in [6.45, 7) is 3.43. The Kier molecular flexibility index (Phi) is 5.41. The summed E-state index contributed by atoms with van der Waals surface area (Å²) in [5.74, 6) is 0. The predicted octanol–water partition coefficient (Wildman–Crippen LogP) is 3.80. The molecule has 1 aliphatic heterocycles. The van der Waals surface area contributed by atoms with Crippen LogP contribution in [-0.2, 0) is 4.74 Å². The molecule has 1 N–H and O–H groups in total. The lowest BCUT2D eigenvalue weighted by molar-refractivity contribution is 0.163. The van der Waals surface area contributed by atoms with Crippen molar-refractivity contribution in [3.63, 3.8) is 0 Å². The number of thiocarbonyl (C=S) groups is 1. The van der Waals surface area contributed by atoms with Gasteiger partial charge in [0.1, 0.15) is 0 Å². The zero-order valence-corrected chi connectivity index (χ0v) is 16.9. The molecule has 1 aliphatic rings. The molecule has 6 heteroatoms. The smallest absolute Gasteiger partial charge is 0.170 e. The molecular weight excluding hydrogens is 368 g/mol. The molecule has 3 aromatic rings. The summed E-state index contributed by atoms with van der Waals surface area (Å²) in [6.07, 6.45) is 3.93. The minimum absolute atomic E-state index is 0.0221. The second kappa shape index (κ2) is 8.12. The number of methoxy groups -OCH3 is 1. The molecule has 2 unspecified atom stereocenters. The van der Waals surface area contributed by atoms with Crippen molar-refractivity contribution in [1.82, 2.24) is 19.8 Å². The molecule has 3 heterocycles. The number of ether oxygens (including phenoxy) is 1. The van der Waals surface area contributed by atoms with Gasteiger partial charge in [-0.1, -0.05) is 23.8 Å². The van der Waals surface area contributed by atoms with Crippen molar-refractivity contribution in [2.45, 2.75) is 19.0 Å². The van der Waals surface area contributed by atoms with E-state index in [0.29, 0.717) is 6.61 Å². The van der Waals surface area contributed by atoms with Gasteiger partial charge in [-0.25, -0.2) is 0 Å². The van der Waals surface area contributed by atoms with E-state index in [1.54, 1.807) is 7.11 Å². The molecule has 5 nitrogen and oxygen atoms in total. The molecule has 0 radical (unpaired) electrons. The molecule has 0 bridgehead atoms. The van der Waals surface area contributed by atoms with E-state index < -0.39 is 0 Å². The maximum absolute atomic E-state index is 5.68. The fourth-order valence-corrected chi connectivity index (χ4v) is 4.06. The predicted molar refractivity (Wildman–Crippen MR) is 115 cm³/mol. The third kappa shape index (κ3) is 3.53. The summed E-state index contributed by atoms with van der Waals surface area (Å²) in [4.78, 5) is 6.80. The van der Waals surface area contributed by atoms with Crippen LogP contribution in [0.3, 0.4) is 0 Å². The zero-order valence-electron chi connectivity index (χ0n) is 16.1. The molecule has 1 fully saturated rings. The van der Waals surface area contributed by atoms with E-state index in [2.05, 4.69) is 69.3 Å². The van der Waals surface area contributed by atoms with Crippen molar-refractivity contribution in [2.24, 2.45) is 0 Å². The summed E-state index contributed by atoms with van der Waals surface area (Å²) >= 11 is 5.68. The van der Waals surface area contributed by atoms with Gasteiger partial charge in [0.15, 0.2) is 5.11 Å². The second-order valence-electron chi connectivity index (χ2n) is 6.95. The van der Waals surface area contributed by atoms with Gasteiger partial charge in [-0.2, -0.15) is 0 Å². The number of nitrogens with one attached hydrogen (secondary N) is 1. The number of hydrogen-bond donors (Lipinski definition) is 1. The number of aryl methyl sites for hydroxylation is 1. The molecule has 2 aromatic heterocycles. The number of benzene rings is 1. The highest BCUT2D eigenvalue weighted by Gasteiger charge is 2.40. The van der Waals surface area contributed by atoms with E-state index in [0.717, 1.165) is 23.0 Å². The van der Waals surface area contributed by atoms with Crippen molar-refractivity contribution in [1.29, 1.82) is 0 Å². The minimum atomic E-state index is -0.0235. The average Bonchev–Trinajstić information content (AvgIpc) is 3.32. The molecule has 0 aliphatic carbocycles. The van der Waals surface area contributed by atoms with Gasteiger partial charge >= 0.3 is 0 Å². The monoisotopic (exact) mass is 392 g/mol. The standard InChI is InChI=1S/C22H24N4OS/c1-16-8-10-17(11-9-16)25-13-5-7-19(25)21-20(18-6-3-4-12-23-18)24-22(28)26(21)14-15-27-2/h3-13,20-21H,14-15H2,1-2H3,(H,24,28). The highest BCUT2D eigenvalue weighted by atomic mass is 32.1. The van der Waals surface area contributed by atoms with Crippen LogP contribution in [0.4, 0.5) is 0 Å². The molecule has 1 aromatic carbocycles. The van der Waals surface area contributed by atoms with Crippen LogP contribution < -0.4 is 5.32 Å². The van der Waals surface area contributed by atoms with Gasteiger partial charge in [-0.3, -0.25) is 4.98 Å². The zero-order chi connectivity index (χ0) is 19.5. The van der Waals surface area contributed by atoms with E-state index in [-0.39, 0.29) is 12.1 Å². The Balaban J connectivity index is 1.78. The minimum Gasteiger partial charge on any atom is -0.383 e. The van der Waals surface area contributed by atoms with E-state index in [9.17, 15) is 0 Å². The quantitative estimate of drug-likeness (QED) is 0.647. The SMILES string of the molecule is COCCN1C(=S)NC(c2ccccn2)C1c1cccn1-c1ccc(C)cc1. The fourth-order valence-electron chi connectivity index (χ4n) is 3.73. The summed E-state index contributed by atoms with van der Waals surface area (Å²) < 4.78 is 7.57. The maximum Gasteiger partial charge on any atom is 0.170 e. The largest absolute Gasteiger partial charge is 0.383 e. The lowest BCUT2D eigenvalue weighted by Crippen LogP contribution is -2.33. The first-order valence-corrected chi connectivity index (χ1v) is 9.81. The number of pyridine rings is 1. The number of aromatic nitrogens is 2. The molecular formula is C22H24N4OS. The van der Waals surface area contributed by atoms with Crippen molar-refractivity contribution in [3.8, 4) is 5.69 Å². The second-order valence-corrected chi connectivity index (χ2v) is 7.34. The van der Waals surface area contributed by atoms with Crippen LogP contribution in [0.1, 0.15) is 29.0 Å². The lowest BCUT2D eigenvalue weighted by Gasteiger charge is -2.28. The van der Waals surface area contributed by atoms with Gasteiger partial charge in [0.05, 0.1) is 24.4 Å². The Hall–Kier alpha value is -2.70. The molecule has 0 amide bonds. The van der Waals surface area contributed by atoms with Crippen LogP contribution in [0.5, 0.6) is 0 Å². The first kappa shape index (κ1) is 18.7. The van der Waals surface area contributed by atoms with Crippen molar-refractivity contribution in [2.75, 3.05) is 20.3 Å². The van der Waals surface area contributed by atoms with Gasteiger partial charge in [-0.15, -0.1) is 0 Å². The fraction of sp³-hybridized carbons (Fsp3) is 0.273. The molecule has 4 rings (SSSR count). The average molecular weight is 393 g/mol. The molecule has 28 heavy (non-hydrogen) atoms. The highest BCUT2D eigenvalue weighted by Crippen LogP contribution is 2.39. The molecule has 0 saturated carbocycles. The molecule has 2 atom stereocenters. The van der Waals surface area contributed by atoms with Crippen LogP contribution in [0, 0.1) is 6.92 Å². The summed E-state index contributed by atoms with van der Waals surface area (Å²) in [7, 11) is 1.72.